The number of nitrogens with zero attached hydrogens (tertiary/aromatic N) is 4. The monoisotopic (exact) mass is 468 g/mol. The number of hydrogen-bond acceptors (Lipinski definition) is 7. The first kappa shape index (κ1) is 22.3. The number of allylic oxidation sites excluding steroid dienone is 1. The number of aromatic nitrogens is 1. The fourth-order valence-corrected chi connectivity index (χ4v) is 4.75. The first-order valence-corrected chi connectivity index (χ1v) is 11.2. The summed E-state index contributed by atoms with van der Waals surface area (Å²) in [4.78, 5) is 43.3. The Bertz CT molecular complexity index is 1490. The minimum absolute atomic E-state index is 0.162. The van der Waals surface area contributed by atoms with E-state index in [4.69, 9.17) is 5.73 Å². The molecule has 2 aliphatic rings. The van der Waals surface area contributed by atoms with E-state index >= 15 is 0 Å². The molecule has 3 N–H and O–H groups in total. The molecule has 9 heteroatoms. The molecule has 0 aliphatic carbocycles. The van der Waals surface area contributed by atoms with Crippen LogP contribution >= 0.6 is 0 Å². The second kappa shape index (κ2) is 8.35. The smallest absolute Gasteiger partial charge is 0.263 e. The van der Waals surface area contributed by atoms with Gasteiger partial charge in [-0.25, -0.2) is 5.01 Å². The fraction of sp³-hybridized carbons (Fsp3) is 0.192. The average Bonchev–Trinajstić information content (AvgIpc) is 3.13. The van der Waals surface area contributed by atoms with E-state index in [0.717, 1.165) is 0 Å². The van der Waals surface area contributed by atoms with E-state index in [2.05, 4.69) is 15.4 Å². The van der Waals surface area contributed by atoms with Gasteiger partial charge in [0, 0.05) is 29.4 Å². The minimum Gasteiger partial charge on any atom is -0.385 e. The summed E-state index contributed by atoms with van der Waals surface area (Å²) in [5.74, 6) is -1.01. The summed E-state index contributed by atoms with van der Waals surface area (Å²) in [6, 6.07) is 15.5. The number of carbonyl (C=O) groups excluding carboxylic acids is 2. The Morgan fingerprint density at radius 2 is 1.97 bits per heavy atom. The molecular weight excluding hydrogens is 444 g/mol. The number of hydrazone groups is 1. The molecule has 0 bridgehead atoms. The van der Waals surface area contributed by atoms with Gasteiger partial charge in [0.25, 0.3) is 5.56 Å². The quantitative estimate of drug-likeness (QED) is 0.557. The summed E-state index contributed by atoms with van der Waals surface area (Å²) in [5, 5.41) is 9.81. The Balaban J connectivity index is 1.59. The first-order valence-electron chi connectivity index (χ1n) is 11.2. The highest BCUT2D eigenvalue weighted by molar-refractivity contribution is 6.05. The summed E-state index contributed by atoms with van der Waals surface area (Å²) in [5.41, 5.74) is 6.33. The lowest BCUT2D eigenvalue weighted by Crippen LogP contribution is -2.52. The minimum atomic E-state index is -0.968. The molecule has 3 atom stereocenters. The Labute approximate surface area is 201 Å². The molecule has 2 unspecified atom stereocenters. The number of amidine groups is 1. The average molecular weight is 469 g/mol. The Hall–Kier alpha value is -4.53. The molecule has 9 nitrogen and oxygen atoms in total. The molecule has 0 fully saturated rings. The number of hydrogen-bond donors (Lipinski definition) is 2. The lowest BCUT2D eigenvalue weighted by Gasteiger charge is -2.34. The van der Waals surface area contributed by atoms with Gasteiger partial charge >= 0.3 is 0 Å². The highest BCUT2D eigenvalue weighted by Crippen LogP contribution is 2.35. The van der Waals surface area contributed by atoms with E-state index in [9.17, 15) is 14.4 Å². The van der Waals surface area contributed by atoms with Crippen LogP contribution < -0.4 is 16.6 Å². The normalized spacial score (nSPS) is 21.5. The summed E-state index contributed by atoms with van der Waals surface area (Å²) >= 11 is 0. The van der Waals surface area contributed by atoms with Crippen LogP contribution in [0.5, 0.6) is 0 Å². The van der Waals surface area contributed by atoms with Crippen LogP contribution in [0.15, 0.2) is 81.8 Å². The van der Waals surface area contributed by atoms with Crippen molar-refractivity contribution in [3.05, 3.63) is 88.5 Å². The van der Waals surface area contributed by atoms with Crippen molar-refractivity contribution in [1.82, 2.24) is 14.9 Å². The number of carbonyl (C=O) groups is 2. The Morgan fingerprint density at radius 3 is 2.71 bits per heavy atom. The number of fused-ring (bicyclic) bond motifs is 2. The van der Waals surface area contributed by atoms with Crippen LogP contribution in [-0.4, -0.2) is 39.5 Å². The molecule has 35 heavy (non-hydrogen) atoms. The topological polar surface area (TPSA) is 122 Å². The summed E-state index contributed by atoms with van der Waals surface area (Å²) < 4.78 is 1.53. The number of aldehydes is 1. The number of rotatable bonds is 5. The zero-order valence-corrected chi connectivity index (χ0v) is 19.3. The molecule has 2 aromatic carbocycles. The van der Waals surface area contributed by atoms with Crippen molar-refractivity contribution in [2.45, 2.75) is 25.6 Å². The van der Waals surface area contributed by atoms with Crippen LogP contribution in [0, 0.1) is 5.92 Å². The third-order valence-corrected chi connectivity index (χ3v) is 6.49. The van der Waals surface area contributed by atoms with Crippen molar-refractivity contribution < 1.29 is 9.59 Å². The molecule has 1 amide bonds. The van der Waals surface area contributed by atoms with Crippen LogP contribution in [0.4, 0.5) is 0 Å². The van der Waals surface area contributed by atoms with E-state index in [1.165, 1.54) is 4.57 Å². The van der Waals surface area contributed by atoms with E-state index in [0.29, 0.717) is 34.0 Å². The molecule has 0 spiro atoms. The van der Waals surface area contributed by atoms with Crippen LogP contribution in [0.2, 0.25) is 0 Å². The lowest BCUT2D eigenvalue weighted by atomic mass is 9.92. The Kier molecular flexibility index (Phi) is 5.32. The summed E-state index contributed by atoms with van der Waals surface area (Å²) in [6.07, 6.45) is 5.74. The van der Waals surface area contributed by atoms with Crippen molar-refractivity contribution in [2.75, 3.05) is 0 Å². The van der Waals surface area contributed by atoms with Gasteiger partial charge in [0.15, 0.2) is 11.9 Å². The van der Waals surface area contributed by atoms with Gasteiger partial charge in [-0.3, -0.25) is 23.9 Å². The molecule has 3 aromatic rings. The number of pyridine rings is 1. The van der Waals surface area contributed by atoms with Crippen molar-refractivity contribution in [3.63, 3.8) is 0 Å². The third-order valence-electron chi connectivity index (χ3n) is 6.49. The standard InChI is InChI=1S/C26H24N6O3/c1-16(29-24(34)22-23(27)30-31-13-7-12-28-26(22,31)2)20-14-17-8-6-9-18(15-33)21(17)25(35)32(20)19-10-4-3-5-11-19/h3-16,22H,1-2H3,(H2,27,30)(H,29,34)/t16-,22?,26?/m0/s1. The number of aliphatic imine (C=N–C) groups is 1. The van der Waals surface area contributed by atoms with Gasteiger partial charge in [-0.2, -0.15) is 5.10 Å². The van der Waals surface area contributed by atoms with Crippen molar-refractivity contribution in [2.24, 2.45) is 21.7 Å². The second-order valence-electron chi connectivity index (χ2n) is 8.72. The maximum absolute atomic E-state index is 13.7. The van der Waals surface area contributed by atoms with Gasteiger partial charge in [-0.05, 0) is 43.5 Å². The highest BCUT2D eigenvalue weighted by Gasteiger charge is 2.51. The van der Waals surface area contributed by atoms with E-state index < -0.39 is 17.6 Å². The van der Waals surface area contributed by atoms with Crippen molar-refractivity contribution in [1.29, 1.82) is 0 Å². The van der Waals surface area contributed by atoms with Gasteiger partial charge in [-0.1, -0.05) is 36.4 Å². The van der Waals surface area contributed by atoms with E-state index in [-0.39, 0.29) is 17.3 Å². The predicted octanol–water partition coefficient (Wildman–Crippen LogP) is 2.50. The van der Waals surface area contributed by atoms with Gasteiger partial charge in [-0.15, -0.1) is 0 Å². The number of benzene rings is 2. The van der Waals surface area contributed by atoms with Gasteiger partial charge < -0.3 is 11.1 Å². The number of para-hydroxylation sites is 1. The summed E-state index contributed by atoms with van der Waals surface area (Å²) in [6.45, 7) is 3.59. The Morgan fingerprint density at radius 1 is 1.20 bits per heavy atom. The molecule has 0 radical (unpaired) electrons. The number of nitrogens with two attached hydrogens (primary N) is 1. The SMILES string of the molecule is C[C@H](NC(=O)C1C(N)=NN2C=CC=NC12C)c1cc2cccc(C=O)c2c(=O)n1-c1ccccc1. The van der Waals surface area contributed by atoms with Crippen LogP contribution in [0.1, 0.15) is 35.9 Å². The van der Waals surface area contributed by atoms with Crippen LogP contribution in [0.25, 0.3) is 16.5 Å². The molecular formula is C26H24N6O3. The first-order chi connectivity index (χ1) is 16.8. The van der Waals surface area contributed by atoms with E-state index in [1.807, 2.05) is 24.3 Å². The second-order valence-corrected chi connectivity index (χ2v) is 8.72. The van der Waals surface area contributed by atoms with Crippen molar-refractivity contribution >= 4 is 35.0 Å². The van der Waals surface area contributed by atoms with Crippen molar-refractivity contribution in [3.8, 4) is 5.69 Å². The molecule has 5 rings (SSSR count). The van der Waals surface area contributed by atoms with Crippen LogP contribution in [-0.2, 0) is 4.79 Å². The molecule has 0 saturated carbocycles. The molecule has 0 saturated heterocycles. The third kappa shape index (κ3) is 3.52. The number of amides is 1. The molecule has 2 aliphatic heterocycles. The zero-order valence-electron chi connectivity index (χ0n) is 19.3. The fourth-order valence-electron chi connectivity index (χ4n) is 4.75. The zero-order chi connectivity index (χ0) is 24.7. The van der Waals surface area contributed by atoms with E-state index in [1.54, 1.807) is 67.7 Å². The highest BCUT2D eigenvalue weighted by atomic mass is 16.2. The summed E-state index contributed by atoms with van der Waals surface area (Å²) in [7, 11) is 0. The largest absolute Gasteiger partial charge is 0.385 e. The maximum atomic E-state index is 13.7. The van der Waals surface area contributed by atoms with Gasteiger partial charge in [0.05, 0.1) is 11.4 Å². The molecule has 176 valence electrons. The maximum Gasteiger partial charge on any atom is 0.263 e. The molecule has 3 heterocycles. The van der Waals surface area contributed by atoms with Gasteiger partial charge in [0.1, 0.15) is 11.8 Å². The van der Waals surface area contributed by atoms with Gasteiger partial charge in [0.2, 0.25) is 5.91 Å². The predicted molar refractivity (Wildman–Crippen MR) is 134 cm³/mol. The molecule has 1 aromatic heterocycles. The lowest BCUT2D eigenvalue weighted by molar-refractivity contribution is -0.126. The number of nitrogens with one attached hydrogen (secondary N) is 1. The van der Waals surface area contributed by atoms with Crippen LogP contribution in [0.3, 0.4) is 0 Å².